The Morgan fingerprint density at radius 1 is 1.33 bits per heavy atom. The van der Waals surface area contributed by atoms with Gasteiger partial charge in [-0.1, -0.05) is 30.3 Å². The van der Waals surface area contributed by atoms with Gasteiger partial charge in [-0.25, -0.2) is 0 Å². The third-order valence-electron chi connectivity index (χ3n) is 2.38. The van der Waals surface area contributed by atoms with Crippen molar-refractivity contribution in [2.75, 3.05) is 13.2 Å². The van der Waals surface area contributed by atoms with E-state index in [9.17, 15) is 9.90 Å². The fourth-order valence-electron chi connectivity index (χ4n) is 1.43. The Hall–Kier alpha value is -0.430. The zero-order valence-electron chi connectivity index (χ0n) is 10.4. The SMILES string of the molecule is O=C([O-])[C@H](Cc1ccccc1)NCC(O)CO.[Na+]. The van der Waals surface area contributed by atoms with E-state index >= 15 is 0 Å². The maximum absolute atomic E-state index is 10.9. The van der Waals surface area contributed by atoms with Gasteiger partial charge < -0.3 is 25.4 Å². The summed E-state index contributed by atoms with van der Waals surface area (Å²) in [6.45, 7) is -0.389. The summed E-state index contributed by atoms with van der Waals surface area (Å²) in [7, 11) is 0. The van der Waals surface area contributed by atoms with E-state index < -0.39 is 24.7 Å². The Bertz CT molecular complexity index is 347. The van der Waals surface area contributed by atoms with Gasteiger partial charge in [-0.05, 0) is 12.0 Å². The molecule has 5 nitrogen and oxygen atoms in total. The van der Waals surface area contributed by atoms with Crippen LogP contribution in [0.3, 0.4) is 0 Å². The quantitative estimate of drug-likeness (QED) is 0.429. The number of nitrogens with one attached hydrogen (secondary N) is 1. The molecule has 1 aromatic rings. The number of carboxylic acid groups (broad SMARTS) is 1. The predicted octanol–water partition coefficient (Wildman–Crippen LogP) is -4.71. The van der Waals surface area contributed by atoms with Crippen LogP contribution in [0, 0.1) is 0 Å². The number of aliphatic hydroxyl groups excluding tert-OH is 2. The molecule has 0 aliphatic heterocycles. The van der Waals surface area contributed by atoms with Crippen LogP contribution in [0.1, 0.15) is 5.56 Å². The largest absolute Gasteiger partial charge is 1.00 e. The van der Waals surface area contributed by atoms with Crippen LogP contribution in [0.4, 0.5) is 0 Å². The predicted molar refractivity (Wildman–Crippen MR) is 60.0 cm³/mol. The summed E-state index contributed by atoms with van der Waals surface area (Å²) in [4.78, 5) is 10.9. The number of aliphatic carboxylic acids is 1. The second-order valence-corrected chi connectivity index (χ2v) is 3.81. The third-order valence-corrected chi connectivity index (χ3v) is 2.38. The summed E-state index contributed by atoms with van der Waals surface area (Å²) in [6.07, 6.45) is -0.686. The maximum Gasteiger partial charge on any atom is 1.00 e. The molecule has 2 atom stereocenters. The van der Waals surface area contributed by atoms with E-state index in [4.69, 9.17) is 10.2 Å². The van der Waals surface area contributed by atoms with Gasteiger partial charge in [0.2, 0.25) is 0 Å². The van der Waals surface area contributed by atoms with Crippen LogP contribution in [0.5, 0.6) is 0 Å². The van der Waals surface area contributed by atoms with Gasteiger partial charge >= 0.3 is 29.6 Å². The number of carbonyl (C=O) groups is 1. The van der Waals surface area contributed by atoms with E-state index in [1.807, 2.05) is 30.3 Å². The van der Waals surface area contributed by atoms with E-state index in [1.54, 1.807) is 0 Å². The number of carbonyl (C=O) groups excluding carboxylic acids is 1. The maximum atomic E-state index is 10.9. The molecule has 1 aromatic carbocycles. The minimum Gasteiger partial charge on any atom is -0.548 e. The van der Waals surface area contributed by atoms with Crippen molar-refractivity contribution in [2.24, 2.45) is 0 Å². The van der Waals surface area contributed by atoms with Gasteiger partial charge in [0.15, 0.2) is 0 Å². The number of hydrogen-bond acceptors (Lipinski definition) is 5. The molecule has 0 amide bonds. The fourth-order valence-corrected chi connectivity index (χ4v) is 1.43. The number of aliphatic hydroxyl groups is 2. The topological polar surface area (TPSA) is 92.6 Å². The molecule has 0 aromatic heterocycles. The number of rotatable bonds is 7. The van der Waals surface area contributed by atoms with Crippen molar-refractivity contribution >= 4 is 5.97 Å². The molecule has 3 N–H and O–H groups in total. The van der Waals surface area contributed by atoms with Gasteiger partial charge in [0, 0.05) is 6.54 Å². The van der Waals surface area contributed by atoms with Crippen LogP contribution in [-0.2, 0) is 11.2 Å². The minimum atomic E-state index is -1.22. The monoisotopic (exact) mass is 261 g/mol. The van der Waals surface area contributed by atoms with Crippen molar-refractivity contribution in [3.05, 3.63) is 35.9 Å². The molecule has 0 saturated carbocycles. The fraction of sp³-hybridized carbons (Fsp3) is 0.417. The molecule has 0 heterocycles. The third kappa shape index (κ3) is 6.49. The Morgan fingerprint density at radius 3 is 2.44 bits per heavy atom. The molecule has 0 aliphatic rings. The Labute approximate surface area is 128 Å². The average molecular weight is 261 g/mol. The van der Waals surface area contributed by atoms with Gasteiger partial charge in [-0.2, -0.15) is 0 Å². The number of carboxylic acids is 1. The van der Waals surface area contributed by atoms with Crippen LogP contribution in [0.2, 0.25) is 0 Å². The van der Waals surface area contributed by atoms with Crippen LogP contribution in [0.15, 0.2) is 30.3 Å². The van der Waals surface area contributed by atoms with E-state index in [-0.39, 0.29) is 42.5 Å². The van der Waals surface area contributed by atoms with Crippen molar-refractivity contribution in [1.82, 2.24) is 5.32 Å². The second kappa shape index (κ2) is 9.49. The van der Waals surface area contributed by atoms with Gasteiger partial charge in [0.05, 0.1) is 24.7 Å². The molecule has 0 fully saturated rings. The molecule has 0 spiro atoms. The van der Waals surface area contributed by atoms with Crippen LogP contribution < -0.4 is 40.0 Å². The molecular formula is C12H16NNaO4. The van der Waals surface area contributed by atoms with E-state index in [0.29, 0.717) is 0 Å². The molecule has 1 unspecified atom stereocenters. The summed E-state index contributed by atoms with van der Waals surface area (Å²) < 4.78 is 0. The smallest absolute Gasteiger partial charge is 0.548 e. The number of hydrogen-bond donors (Lipinski definition) is 3. The zero-order valence-corrected chi connectivity index (χ0v) is 12.4. The minimum absolute atomic E-state index is 0. The first-order valence-electron chi connectivity index (χ1n) is 5.40. The zero-order chi connectivity index (χ0) is 12.7. The molecule has 18 heavy (non-hydrogen) atoms. The van der Waals surface area contributed by atoms with Gasteiger partial charge in [0.25, 0.3) is 0 Å². The molecular weight excluding hydrogens is 245 g/mol. The molecule has 6 heteroatoms. The van der Waals surface area contributed by atoms with Crippen LogP contribution >= 0.6 is 0 Å². The summed E-state index contributed by atoms with van der Waals surface area (Å²) in [5.74, 6) is -1.22. The van der Waals surface area contributed by atoms with Crippen LogP contribution in [0.25, 0.3) is 0 Å². The second-order valence-electron chi connectivity index (χ2n) is 3.81. The van der Waals surface area contributed by atoms with E-state index in [1.165, 1.54) is 0 Å². The first-order chi connectivity index (χ1) is 8.13. The van der Waals surface area contributed by atoms with E-state index in [0.717, 1.165) is 5.56 Å². The first kappa shape index (κ1) is 17.6. The Balaban J connectivity index is 0.00000289. The molecule has 1 rings (SSSR count). The molecule has 0 aliphatic carbocycles. The molecule has 0 radical (unpaired) electrons. The van der Waals surface area contributed by atoms with Gasteiger partial charge in [-0.15, -0.1) is 0 Å². The summed E-state index contributed by atoms with van der Waals surface area (Å²) in [6, 6.07) is 8.26. The summed E-state index contributed by atoms with van der Waals surface area (Å²) >= 11 is 0. The van der Waals surface area contributed by atoms with Crippen molar-refractivity contribution in [2.45, 2.75) is 18.6 Å². The molecule has 94 valence electrons. The molecule has 0 saturated heterocycles. The van der Waals surface area contributed by atoms with Gasteiger partial charge in [-0.3, -0.25) is 0 Å². The summed E-state index contributed by atoms with van der Waals surface area (Å²) in [5.41, 5.74) is 0.868. The van der Waals surface area contributed by atoms with Crippen molar-refractivity contribution in [3.8, 4) is 0 Å². The number of benzene rings is 1. The summed E-state index contributed by atoms with van der Waals surface area (Å²) in [5, 5.41) is 31.3. The first-order valence-corrected chi connectivity index (χ1v) is 5.40. The average Bonchev–Trinajstić information content (AvgIpc) is 2.34. The van der Waals surface area contributed by atoms with E-state index in [2.05, 4.69) is 5.32 Å². The van der Waals surface area contributed by atoms with Crippen molar-refractivity contribution < 1.29 is 49.7 Å². The van der Waals surface area contributed by atoms with Gasteiger partial charge in [0.1, 0.15) is 0 Å². The molecule has 0 bridgehead atoms. The Kier molecular flexibility index (Phi) is 9.27. The standard InChI is InChI=1S/C12H17NO4.Na/c14-8-10(15)7-13-11(12(16)17)6-9-4-2-1-3-5-9;/h1-5,10-11,13-15H,6-8H2,(H,16,17);/q;+1/p-1/t10?,11-;/m0./s1. The van der Waals surface area contributed by atoms with Crippen molar-refractivity contribution in [1.29, 1.82) is 0 Å². The van der Waals surface area contributed by atoms with Crippen molar-refractivity contribution in [3.63, 3.8) is 0 Å². The van der Waals surface area contributed by atoms with Crippen LogP contribution in [-0.4, -0.2) is 41.5 Å². The normalized spacial score (nSPS) is 13.4. The Morgan fingerprint density at radius 2 is 1.94 bits per heavy atom.